The number of benzene rings is 1. The Labute approximate surface area is 186 Å². The molecule has 0 aliphatic heterocycles. The maximum atomic E-state index is 12.3. The third kappa shape index (κ3) is 4.61. The molecule has 4 rings (SSSR count). The zero-order valence-electron chi connectivity index (χ0n) is 16.8. The molecule has 0 aliphatic carbocycles. The molecule has 0 bridgehead atoms. The SMILES string of the molecule is CC(=O)N(c1ccc(C)c(C)c1)c1nc(CSc2nnnn2Cc2cccs2)cs1. The number of rotatable bonds is 7. The number of aryl methyl sites for hydroxylation is 2. The molecule has 7 nitrogen and oxygen atoms in total. The van der Waals surface area contributed by atoms with E-state index in [1.54, 1.807) is 27.8 Å². The molecule has 0 radical (unpaired) electrons. The first-order valence-electron chi connectivity index (χ1n) is 9.25. The molecule has 0 aliphatic rings. The van der Waals surface area contributed by atoms with Gasteiger partial charge < -0.3 is 0 Å². The van der Waals surface area contributed by atoms with Gasteiger partial charge in [-0.05, 0) is 59.0 Å². The molecule has 30 heavy (non-hydrogen) atoms. The van der Waals surface area contributed by atoms with Crippen LogP contribution in [0.1, 0.15) is 28.6 Å². The average Bonchev–Trinajstić information content (AvgIpc) is 3.46. The summed E-state index contributed by atoms with van der Waals surface area (Å²) in [7, 11) is 0. The van der Waals surface area contributed by atoms with Crippen LogP contribution in [-0.4, -0.2) is 31.1 Å². The van der Waals surface area contributed by atoms with Gasteiger partial charge in [0.15, 0.2) is 5.13 Å². The van der Waals surface area contributed by atoms with Gasteiger partial charge in [0.25, 0.3) is 0 Å². The number of amides is 1. The zero-order valence-corrected chi connectivity index (χ0v) is 19.2. The van der Waals surface area contributed by atoms with Crippen LogP contribution in [0, 0.1) is 13.8 Å². The van der Waals surface area contributed by atoms with Crippen molar-refractivity contribution in [3.8, 4) is 0 Å². The lowest BCUT2D eigenvalue weighted by Crippen LogP contribution is -2.22. The minimum Gasteiger partial charge on any atom is -0.274 e. The molecule has 0 fully saturated rings. The first-order valence-corrected chi connectivity index (χ1v) is 12.0. The second-order valence-electron chi connectivity index (χ2n) is 6.73. The van der Waals surface area contributed by atoms with E-state index >= 15 is 0 Å². The second kappa shape index (κ2) is 9.07. The summed E-state index contributed by atoms with van der Waals surface area (Å²) >= 11 is 4.67. The molecule has 1 aromatic carbocycles. The lowest BCUT2D eigenvalue weighted by molar-refractivity contribution is -0.115. The maximum Gasteiger partial charge on any atom is 0.230 e. The molecule has 0 saturated heterocycles. The summed E-state index contributed by atoms with van der Waals surface area (Å²) in [5.41, 5.74) is 4.06. The van der Waals surface area contributed by atoms with Crippen molar-refractivity contribution in [2.24, 2.45) is 0 Å². The summed E-state index contributed by atoms with van der Waals surface area (Å²) in [4.78, 5) is 19.9. The molecule has 4 aromatic rings. The number of thioether (sulfide) groups is 1. The van der Waals surface area contributed by atoms with Crippen molar-refractivity contribution < 1.29 is 4.79 Å². The standard InChI is InChI=1S/C20H20N6OS3/c1-13-6-7-17(9-14(13)2)26(15(3)27)19-21-16(11-29-19)12-30-20-22-23-24-25(20)10-18-5-4-8-28-18/h4-9,11H,10,12H2,1-3H3. The van der Waals surface area contributed by atoms with Crippen LogP contribution in [0.3, 0.4) is 0 Å². The number of thiazole rings is 1. The molecule has 10 heteroatoms. The highest BCUT2D eigenvalue weighted by Crippen LogP contribution is 2.32. The summed E-state index contributed by atoms with van der Waals surface area (Å²) in [6.45, 7) is 6.31. The van der Waals surface area contributed by atoms with Crippen LogP contribution >= 0.6 is 34.4 Å². The van der Waals surface area contributed by atoms with E-state index in [-0.39, 0.29) is 5.91 Å². The molecule has 3 aromatic heterocycles. The van der Waals surface area contributed by atoms with Crippen molar-refractivity contribution in [1.82, 2.24) is 25.2 Å². The van der Waals surface area contributed by atoms with E-state index in [1.165, 1.54) is 33.5 Å². The fourth-order valence-corrected chi connectivity index (χ4v) is 5.29. The Balaban J connectivity index is 1.48. The van der Waals surface area contributed by atoms with Crippen LogP contribution in [0.15, 0.2) is 46.2 Å². The number of hydrogen-bond donors (Lipinski definition) is 0. The summed E-state index contributed by atoms with van der Waals surface area (Å²) in [5, 5.41) is 17.4. The maximum absolute atomic E-state index is 12.3. The number of anilines is 2. The molecule has 0 spiro atoms. The number of hydrogen-bond acceptors (Lipinski definition) is 8. The number of nitrogens with zero attached hydrogens (tertiary/aromatic N) is 6. The van der Waals surface area contributed by atoms with E-state index in [1.807, 2.05) is 41.9 Å². The number of aromatic nitrogens is 5. The van der Waals surface area contributed by atoms with Gasteiger partial charge in [-0.2, -0.15) is 0 Å². The van der Waals surface area contributed by atoms with Crippen molar-refractivity contribution in [2.75, 3.05) is 4.90 Å². The van der Waals surface area contributed by atoms with Gasteiger partial charge in [-0.3, -0.25) is 9.69 Å². The highest BCUT2D eigenvalue weighted by atomic mass is 32.2. The topological polar surface area (TPSA) is 76.8 Å². The highest BCUT2D eigenvalue weighted by molar-refractivity contribution is 7.98. The van der Waals surface area contributed by atoms with Crippen molar-refractivity contribution in [2.45, 2.75) is 38.2 Å². The fourth-order valence-electron chi connectivity index (χ4n) is 2.84. The predicted octanol–water partition coefficient (Wildman–Crippen LogP) is 4.83. The monoisotopic (exact) mass is 456 g/mol. The molecular weight excluding hydrogens is 436 g/mol. The van der Waals surface area contributed by atoms with Gasteiger partial charge in [0.1, 0.15) is 0 Å². The first kappa shape index (κ1) is 20.7. The van der Waals surface area contributed by atoms with Gasteiger partial charge in [-0.1, -0.05) is 23.9 Å². The van der Waals surface area contributed by atoms with Crippen LogP contribution < -0.4 is 4.90 Å². The Hall–Kier alpha value is -2.56. The lowest BCUT2D eigenvalue weighted by atomic mass is 10.1. The normalized spacial score (nSPS) is 11.0. The third-order valence-electron chi connectivity index (χ3n) is 4.53. The van der Waals surface area contributed by atoms with E-state index in [0.29, 0.717) is 17.4 Å². The largest absolute Gasteiger partial charge is 0.274 e. The van der Waals surface area contributed by atoms with Crippen LogP contribution in [0.5, 0.6) is 0 Å². The Bertz CT molecular complexity index is 1150. The van der Waals surface area contributed by atoms with Crippen LogP contribution in [-0.2, 0) is 17.1 Å². The van der Waals surface area contributed by atoms with Crippen LogP contribution in [0.25, 0.3) is 0 Å². The number of tetrazole rings is 1. The zero-order chi connectivity index (χ0) is 21.1. The second-order valence-corrected chi connectivity index (χ2v) is 9.54. The third-order valence-corrected chi connectivity index (χ3v) is 7.25. The van der Waals surface area contributed by atoms with E-state index in [2.05, 4.69) is 28.5 Å². The van der Waals surface area contributed by atoms with Crippen molar-refractivity contribution in [1.29, 1.82) is 0 Å². The number of carbonyl (C=O) groups is 1. The van der Waals surface area contributed by atoms with Crippen molar-refractivity contribution in [3.63, 3.8) is 0 Å². The van der Waals surface area contributed by atoms with Crippen LogP contribution in [0.2, 0.25) is 0 Å². The van der Waals surface area contributed by atoms with E-state index in [9.17, 15) is 4.79 Å². The quantitative estimate of drug-likeness (QED) is 0.371. The van der Waals surface area contributed by atoms with E-state index in [4.69, 9.17) is 4.98 Å². The molecule has 154 valence electrons. The predicted molar refractivity (Wildman–Crippen MR) is 122 cm³/mol. The summed E-state index contributed by atoms with van der Waals surface area (Å²) < 4.78 is 1.79. The Morgan fingerprint density at radius 1 is 1.20 bits per heavy atom. The van der Waals surface area contributed by atoms with Crippen molar-refractivity contribution in [3.05, 3.63) is 62.8 Å². The highest BCUT2D eigenvalue weighted by Gasteiger charge is 2.19. The summed E-state index contributed by atoms with van der Waals surface area (Å²) in [6.07, 6.45) is 0. The molecule has 0 N–H and O–H groups in total. The lowest BCUT2D eigenvalue weighted by Gasteiger charge is -2.19. The molecule has 0 atom stereocenters. The smallest absolute Gasteiger partial charge is 0.230 e. The first-order chi connectivity index (χ1) is 14.5. The van der Waals surface area contributed by atoms with Crippen LogP contribution in [0.4, 0.5) is 10.8 Å². The summed E-state index contributed by atoms with van der Waals surface area (Å²) in [5.74, 6) is 0.562. The minimum absolute atomic E-state index is 0.0632. The van der Waals surface area contributed by atoms with E-state index < -0.39 is 0 Å². The Morgan fingerprint density at radius 3 is 2.80 bits per heavy atom. The number of thiophene rings is 1. The fraction of sp³-hybridized carbons (Fsp3) is 0.250. The van der Waals surface area contributed by atoms with Gasteiger partial charge in [-0.15, -0.1) is 27.8 Å². The van der Waals surface area contributed by atoms with Crippen molar-refractivity contribution >= 4 is 51.2 Å². The number of carbonyl (C=O) groups excluding carboxylic acids is 1. The summed E-state index contributed by atoms with van der Waals surface area (Å²) in [6, 6.07) is 10.1. The molecule has 3 heterocycles. The molecule has 0 saturated carbocycles. The van der Waals surface area contributed by atoms with Gasteiger partial charge in [0.2, 0.25) is 11.1 Å². The molecule has 0 unspecified atom stereocenters. The van der Waals surface area contributed by atoms with Gasteiger partial charge in [0.05, 0.1) is 17.9 Å². The van der Waals surface area contributed by atoms with E-state index in [0.717, 1.165) is 22.1 Å². The average molecular weight is 457 g/mol. The van der Waals surface area contributed by atoms with Gasteiger partial charge >= 0.3 is 0 Å². The Morgan fingerprint density at radius 2 is 2.07 bits per heavy atom. The van der Waals surface area contributed by atoms with Gasteiger partial charge in [-0.25, -0.2) is 9.67 Å². The molecule has 1 amide bonds. The Kier molecular flexibility index (Phi) is 6.26. The van der Waals surface area contributed by atoms with Gasteiger partial charge in [0, 0.05) is 22.9 Å². The molecular formula is C20H20N6OS3. The minimum atomic E-state index is -0.0632.